The maximum atomic E-state index is 13.5. The molecule has 0 radical (unpaired) electrons. The van der Waals surface area contributed by atoms with E-state index in [9.17, 15) is 24.4 Å². The zero-order valence-corrected chi connectivity index (χ0v) is 11.0. The Kier molecular flexibility index (Phi) is 3.84. The van der Waals surface area contributed by atoms with Gasteiger partial charge in [0.05, 0.1) is 4.92 Å². The smallest absolute Gasteiger partial charge is 0.304 e. The molecule has 6 nitrogen and oxygen atoms in total. The first kappa shape index (κ1) is 14.4. The highest BCUT2D eigenvalue weighted by atomic mass is 19.1. The van der Waals surface area contributed by atoms with Gasteiger partial charge in [0.25, 0.3) is 5.91 Å². The van der Waals surface area contributed by atoms with Gasteiger partial charge in [-0.15, -0.1) is 0 Å². The van der Waals surface area contributed by atoms with E-state index in [4.69, 9.17) is 0 Å². The van der Waals surface area contributed by atoms with Crippen LogP contribution in [0, 0.1) is 22.9 Å². The van der Waals surface area contributed by atoms with E-state index in [0.29, 0.717) is 11.3 Å². The standard InChI is InChI=1S/C14H11FN2O4/c1-8-2-4-10(7-13(8)18)16-14(19)9-3-5-12(17(20)21)11(15)6-9/h2-7,18H,1H3,(H,16,19). The fourth-order valence-corrected chi connectivity index (χ4v) is 1.69. The third-order valence-electron chi connectivity index (χ3n) is 2.87. The number of phenolic OH excluding ortho intramolecular Hbond substituents is 1. The minimum Gasteiger partial charge on any atom is -0.508 e. The van der Waals surface area contributed by atoms with Gasteiger partial charge in [-0.2, -0.15) is 4.39 Å². The lowest BCUT2D eigenvalue weighted by molar-refractivity contribution is -0.387. The lowest BCUT2D eigenvalue weighted by Crippen LogP contribution is -2.12. The van der Waals surface area contributed by atoms with Gasteiger partial charge in [0.1, 0.15) is 5.75 Å². The fraction of sp³-hybridized carbons (Fsp3) is 0.0714. The Morgan fingerprint density at radius 1 is 1.29 bits per heavy atom. The van der Waals surface area contributed by atoms with Gasteiger partial charge in [-0.05, 0) is 30.7 Å². The van der Waals surface area contributed by atoms with Gasteiger partial charge in [-0.3, -0.25) is 14.9 Å². The molecule has 0 saturated heterocycles. The molecule has 0 saturated carbocycles. The van der Waals surface area contributed by atoms with Gasteiger partial charge in [0, 0.05) is 23.4 Å². The molecule has 0 aliphatic carbocycles. The summed E-state index contributed by atoms with van der Waals surface area (Å²) in [6.45, 7) is 1.70. The number of benzene rings is 2. The van der Waals surface area contributed by atoms with Crippen molar-refractivity contribution in [3.63, 3.8) is 0 Å². The predicted molar refractivity (Wildman–Crippen MR) is 73.9 cm³/mol. The summed E-state index contributed by atoms with van der Waals surface area (Å²) in [4.78, 5) is 21.5. The molecule has 108 valence electrons. The van der Waals surface area contributed by atoms with Gasteiger partial charge in [-0.25, -0.2) is 0 Å². The molecular weight excluding hydrogens is 279 g/mol. The molecule has 2 aromatic rings. The molecule has 0 spiro atoms. The molecule has 0 atom stereocenters. The van der Waals surface area contributed by atoms with Gasteiger partial charge in [0.2, 0.25) is 5.82 Å². The maximum Gasteiger partial charge on any atom is 0.304 e. The van der Waals surface area contributed by atoms with Crippen molar-refractivity contribution in [3.8, 4) is 5.75 Å². The number of hydrogen-bond acceptors (Lipinski definition) is 4. The number of aromatic hydroxyl groups is 1. The number of phenols is 1. The second-order valence-electron chi connectivity index (χ2n) is 4.38. The molecular formula is C14H11FN2O4. The molecule has 21 heavy (non-hydrogen) atoms. The molecule has 0 fully saturated rings. The van der Waals surface area contributed by atoms with Crippen molar-refractivity contribution in [3.05, 3.63) is 63.5 Å². The summed E-state index contributed by atoms with van der Waals surface area (Å²) in [6.07, 6.45) is 0. The summed E-state index contributed by atoms with van der Waals surface area (Å²) in [5.74, 6) is -1.70. The lowest BCUT2D eigenvalue weighted by Gasteiger charge is -2.07. The quantitative estimate of drug-likeness (QED) is 0.671. The van der Waals surface area contributed by atoms with Crippen LogP contribution >= 0.6 is 0 Å². The van der Waals surface area contributed by atoms with Crippen LogP contribution < -0.4 is 5.32 Å². The Balaban J connectivity index is 2.22. The number of halogens is 1. The fourth-order valence-electron chi connectivity index (χ4n) is 1.69. The van der Waals surface area contributed by atoms with Crippen LogP contribution in [-0.2, 0) is 0 Å². The SMILES string of the molecule is Cc1ccc(NC(=O)c2ccc([N+](=O)[O-])c(F)c2)cc1O. The molecule has 0 bridgehead atoms. The van der Waals surface area contributed by atoms with E-state index in [1.54, 1.807) is 19.1 Å². The monoisotopic (exact) mass is 290 g/mol. The Labute approximate surface area is 119 Å². The van der Waals surface area contributed by atoms with Crippen LogP contribution in [0.15, 0.2) is 36.4 Å². The average Bonchev–Trinajstić information content (AvgIpc) is 2.42. The lowest BCUT2D eigenvalue weighted by atomic mass is 10.1. The number of nitro benzene ring substituents is 1. The molecule has 1 amide bonds. The van der Waals surface area contributed by atoms with E-state index < -0.39 is 22.3 Å². The Morgan fingerprint density at radius 2 is 2.00 bits per heavy atom. The Bertz CT molecular complexity index is 731. The van der Waals surface area contributed by atoms with E-state index in [2.05, 4.69) is 5.32 Å². The molecule has 2 rings (SSSR count). The minimum atomic E-state index is -1.08. The number of carbonyl (C=O) groups excluding carboxylic acids is 1. The molecule has 0 aliphatic rings. The van der Waals surface area contributed by atoms with Crippen LogP contribution in [0.25, 0.3) is 0 Å². The summed E-state index contributed by atoms with van der Waals surface area (Å²) < 4.78 is 13.5. The zero-order chi connectivity index (χ0) is 15.6. The van der Waals surface area contributed by atoms with Crippen LogP contribution in [0.1, 0.15) is 15.9 Å². The third-order valence-corrected chi connectivity index (χ3v) is 2.87. The number of amides is 1. The number of hydrogen-bond donors (Lipinski definition) is 2. The number of rotatable bonds is 3. The van der Waals surface area contributed by atoms with Gasteiger partial charge in [-0.1, -0.05) is 6.07 Å². The first-order chi connectivity index (χ1) is 9.88. The first-order valence-electron chi connectivity index (χ1n) is 5.93. The summed E-state index contributed by atoms with van der Waals surface area (Å²) >= 11 is 0. The molecule has 0 unspecified atom stereocenters. The van der Waals surface area contributed by atoms with E-state index in [1.807, 2.05) is 0 Å². The van der Waals surface area contributed by atoms with E-state index in [0.717, 1.165) is 18.2 Å². The molecule has 7 heteroatoms. The van der Waals surface area contributed by atoms with Gasteiger partial charge >= 0.3 is 5.69 Å². The van der Waals surface area contributed by atoms with Gasteiger partial charge in [0.15, 0.2) is 0 Å². The summed E-state index contributed by atoms with van der Waals surface area (Å²) in [5, 5.41) is 22.5. The van der Waals surface area contributed by atoms with Crippen LogP contribution in [0.5, 0.6) is 5.75 Å². The summed E-state index contributed by atoms with van der Waals surface area (Å²) in [6, 6.07) is 7.42. The topological polar surface area (TPSA) is 92.5 Å². The number of nitrogens with zero attached hydrogens (tertiary/aromatic N) is 1. The number of anilines is 1. The molecule has 0 heterocycles. The van der Waals surface area contributed by atoms with E-state index >= 15 is 0 Å². The van der Waals surface area contributed by atoms with Crippen molar-refractivity contribution in [2.45, 2.75) is 6.92 Å². The van der Waals surface area contributed by atoms with Crippen molar-refractivity contribution in [1.82, 2.24) is 0 Å². The van der Waals surface area contributed by atoms with Crippen LogP contribution in [0.3, 0.4) is 0 Å². The second-order valence-corrected chi connectivity index (χ2v) is 4.38. The first-order valence-corrected chi connectivity index (χ1v) is 5.93. The van der Waals surface area contributed by atoms with Crippen LogP contribution in [0.2, 0.25) is 0 Å². The highest BCUT2D eigenvalue weighted by molar-refractivity contribution is 6.04. The van der Waals surface area contributed by atoms with Crippen molar-refractivity contribution < 1.29 is 19.2 Å². The highest BCUT2D eigenvalue weighted by Crippen LogP contribution is 2.22. The Morgan fingerprint density at radius 3 is 2.57 bits per heavy atom. The molecule has 0 aliphatic heterocycles. The van der Waals surface area contributed by atoms with Crippen LogP contribution in [0.4, 0.5) is 15.8 Å². The molecule has 0 aromatic heterocycles. The highest BCUT2D eigenvalue weighted by Gasteiger charge is 2.16. The maximum absolute atomic E-state index is 13.5. The minimum absolute atomic E-state index is 0.0164. The Hall–Kier alpha value is -2.96. The molecule has 2 aromatic carbocycles. The normalized spacial score (nSPS) is 10.2. The second kappa shape index (κ2) is 5.58. The number of aryl methyl sites for hydroxylation is 1. The summed E-state index contributed by atoms with van der Waals surface area (Å²) in [5.41, 5.74) is 0.230. The third kappa shape index (κ3) is 3.14. The largest absolute Gasteiger partial charge is 0.508 e. The van der Waals surface area contributed by atoms with Gasteiger partial charge < -0.3 is 10.4 Å². The van der Waals surface area contributed by atoms with Crippen molar-refractivity contribution in [2.75, 3.05) is 5.32 Å². The number of carbonyl (C=O) groups is 1. The summed E-state index contributed by atoms with van der Waals surface area (Å²) in [7, 11) is 0. The zero-order valence-electron chi connectivity index (χ0n) is 11.0. The van der Waals surface area contributed by atoms with E-state index in [-0.39, 0.29) is 11.3 Å². The number of nitrogens with one attached hydrogen (secondary N) is 1. The number of nitro groups is 1. The average molecular weight is 290 g/mol. The van der Waals surface area contributed by atoms with E-state index in [1.165, 1.54) is 6.07 Å². The van der Waals surface area contributed by atoms with Crippen LogP contribution in [-0.4, -0.2) is 15.9 Å². The van der Waals surface area contributed by atoms with Crippen molar-refractivity contribution in [2.24, 2.45) is 0 Å². The predicted octanol–water partition coefficient (Wildman–Crippen LogP) is 3.00. The van der Waals surface area contributed by atoms with Crippen molar-refractivity contribution in [1.29, 1.82) is 0 Å². The molecule has 2 N–H and O–H groups in total. The van der Waals surface area contributed by atoms with Crippen molar-refractivity contribution >= 4 is 17.3 Å².